The van der Waals surface area contributed by atoms with E-state index in [0.717, 1.165) is 0 Å². The molecule has 13 heavy (non-hydrogen) atoms. The van der Waals surface area contributed by atoms with Crippen molar-refractivity contribution in [3.05, 3.63) is 12.3 Å². The molecule has 5 nitrogen and oxygen atoms in total. The zero-order valence-electron chi connectivity index (χ0n) is 6.84. The van der Waals surface area contributed by atoms with E-state index in [2.05, 4.69) is 10.2 Å². The van der Waals surface area contributed by atoms with E-state index in [1.165, 1.54) is 0 Å². The van der Waals surface area contributed by atoms with Crippen LogP contribution in [0, 0.1) is 0 Å². The summed E-state index contributed by atoms with van der Waals surface area (Å²) in [4.78, 5) is 0. The van der Waals surface area contributed by atoms with Crippen molar-refractivity contribution >= 4 is 12.4 Å². The average molecular weight is 204 g/mol. The van der Waals surface area contributed by atoms with Crippen molar-refractivity contribution < 1.29 is 9.47 Å². The second kappa shape index (κ2) is 4.25. The van der Waals surface area contributed by atoms with Gasteiger partial charge in [0.25, 0.3) is 5.88 Å². The van der Waals surface area contributed by atoms with Crippen molar-refractivity contribution in [1.29, 1.82) is 0 Å². The maximum Gasteiger partial charge on any atom is 0.276 e. The van der Waals surface area contributed by atoms with Gasteiger partial charge >= 0.3 is 0 Å². The Bertz CT molecular complexity index is 284. The average Bonchev–Trinajstić information content (AvgIpc) is 2.17. The van der Waals surface area contributed by atoms with Gasteiger partial charge in [-0.1, -0.05) is 0 Å². The molecule has 72 valence electrons. The van der Waals surface area contributed by atoms with E-state index in [-0.39, 0.29) is 18.5 Å². The maximum absolute atomic E-state index is 5.41. The van der Waals surface area contributed by atoms with E-state index in [1.54, 1.807) is 12.3 Å². The van der Waals surface area contributed by atoms with Gasteiger partial charge in [-0.15, -0.1) is 17.5 Å². The van der Waals surface area contributed by atoms with Gasteiger partial charge in [-0.3, -0.25) is 0 Å². The molecule has 1 aliphatic rings. The number of hydrogen-bond donors (Lipinski definition) is 1. The van der Waals surface area contributed by atoms with Gasteiger partial charge in [-0.25, -0.2) is 0 Å². The molecule has 0 unspecified atom stereocenters. The molecular weight excluding hydrogens is 194 g/mol. The molecule has 0 aromatic carbocycles. The molecule has 2 N–H and O–H groups in total. The van der Waals surface area contributed by atoms with Crippen LogP contribution in [0.15, 0.2) is 12.3 Å². The van der Waals surface area contributed by atoms with Crippen LogP contribution in [0.5, 0.6) is 11.6 Å². The summed E-state index contributed by atoms with van der Waals surface area (Å²) >= 11 is 0. The first-order chi connectivity index (χ1) is 5.90. The van der Waals surface area contributed by atoms with Crippen molar-refractivity contribution in [1.82, 2.24) is 10.2 Å². The Kier molecular flexibility index (Phi) is 3.27. The number of aromatic nitrogens is 2. The Morgan fingerprint density at radius 3 is 3.23 bits per heavy atom. The summed E-state index contributed by atoms with van der Waals surface area (Å²) in [6, 6.07) is 1.72. The standard InChI is InChI=1S/C7H9N3O2.ClH/c8-3-5-4-11-6-1-2-9-10-7(6)12-5;/h1-2,5H,3-4,8H2;1H/t5-;/m0./s1. The topological polar surface area (TPSA) is 70.3 Å². The first-order valence-corrected chi connectivity index (χ1v) is 3.71. The van der Waals surface area contributed by atoms with Gasteiger partial charge in [0.15, 0.2) is 5.75 Å². The highest BCUT2D eigenvalue weighted by molar-refractivity contribution is 5.85. The van der Waals surface area contributed by atoms with Gasteiger partial charge in [-0.05, 0) is 0 Å². The van der Waals surface area contributed by atoms with Gasteiger partial charge in [0.1, 0.15) is 12.7 Å². The van der Waals surface area contributed by atoms with Crippen molar-refractivity contribution in [3.63, 3.8) is 0 Å². The van der Waals surface area contributed by atoms with E-state index < -0.39 is 0 Å². The van der Waals surface area contributed by atoms with E-state index in [0.29, 0.717) is 24.8 Å². The summed E-state index contributed by atoms with van der Waals surface area (Å²) in [6.45, 7) is 0.908. The molecule has 0 fully saturated rings. The SMILES string of the molecule is Cl.NC[C@H]1COc2ccnnc2O1. The molecule has 0 saturated heterocycles. The lowest BCUT2D eigenvalue weighted by Gasteiger charge is -2.23. The molecule has 0 aliphatic carbocycles. The molecule has 0 spiro atoms. The van der Waals surface area contributed by atoms with E-state index in [9.17, 15) is 0 Å². The Morgan fingerprint density at radius 2 is 2.46 bits per heavy atom. The van der Waals surface area contributed by atoms with Crippen molar-refractivity contribution in [2.75, 3.05) is 13.2 Å². The number of hydrogen-bond acceptors (Lipinski definition) is 5. The first kappa shape index (κ1) is 10.0. The maximum atomic E-state index is 5.41. The Labute approximate surface area is 81.6 Å². The van der Waals surface area contributed by atoms with Crippen LogP contribution >= 0.6 is 12.4 Å². The van der Waals surface area contributed by atoms with Crippen LogP contribution < -0.4 is 15.2 Å². The van der Waals surface area contributed by atoms with E-state index in [4.69, 9.17) is 15.2 Å². The summed E-state index contributed by atoms with van der Waals surface area (Å²) in [6.07, 6.45) is 1.46. The van der Waals surface area contributed by atoms with Crippen molar-refractivity contribution in [2.24, 2.45) is 5.73 Å². The summed E-state index contributed by atoms with van der Waals surface area (Å²) in [7, 11) is 0. The van der Waals surface area contributed by atoms with Gasteiger partial charge in [-0.2, -0.15) is 5.10 Å². The van der Waals surface area contributed by atoms with Crippen molar-refractivity contribution in [3.8, 4) is 11.6 Å². The number of fused-ring (bicyclic) bond motifs is 1. The minimum atomic E-state index is -0.103. The van der Waals surface area contributed by atoms with Crippen LogP contribution in [0.3, 0.4) is 0 Å². The van der Waals surface area contributed by atoms with Crippen LogP contribution in [0.4, 0.5) is 0 Å². The number of nitrogens with two attached hydrogens (primary N) is 1. The fourth-order valence-electron chi connectivity index (χ4n) is 0.990. The highest BCUT2D eigenvalue weighted by Crippen LogP contribution is 2.26. The lowest BCUT2D eigenvalue weighted by atomic mass is 10.3. The fourth-order valence-corrected chi connectivity index (χ4v) is 0.990. The molecule has 2 heterocycles. The van der Waals surface area contributed by atoms with Crippen LogP contribution in [-0.2, 0) is 0 Å². The second-order valence-electron chi connectivity index (χ2n) is 2.49. The predicted octanol–water partition coefficient (Wildman–Crippen LogP) is -0.00310. The zero-order chi connectivity index (χ0) is 8.39. The monoisotopic (exact) mass is 203 g/mol. The molecule has 0 saturated carbocycles. The molecule has 0 amide bonds. The normalized spacial score (nSPS) is 19.0. The minimum Gasteiger partial charge on any atom is -0.484 e. The van der Waals surface area contributed by atoms with Crippen LogP contribution in [0.1, 0.15) is 0 Å². The van der Waals surface area contributed by atoms with Gasteiger partial charge in [0.05, 0.1) is 6.20 Å². The summed E-state index contributed by atoms with van der Waals surface area (Å²) in [5.41, 5.74) is 5.41. The Morgan fingerprint density at radius 1 is 1.62 bits per heavy atom. The molecule has 0 radical (unpaired) electrons. The smallest absolute Gasteiger partial charge is 0.276 e. The summed E-state index contributed by atoms with van der Waals surface area (Å²) in [5.74, 6) is 1.06. The third-order valence-electron chi connectivity index (χ3n) is 1.62. The second-order valence-corrected chi connectivity index (χ2v) is 2.49. The van der Waals surface area contributed by atoms with Crippen LogP contribution in [-0.4, -0.2) is 29.5 Å². The molecule has 6 heteroatoms. The number of nitrogens with zero attached hydrogens (tertiary/aromatic N) is 2. The summed E-state index contributed by atoms with van der Waals surface area (Å²) < 4.78 is 10.7. The highest BCUT2D eigenvalue weighted by atomic mass is 35.5. The number of rotatable bonds is 1. The molecule has 2 rings (SSSR count). The van der Waals surface area contributed by atoms with Gasteiger partial charge in [0, 0.05) is 12.6 Å². The number of halogens is 1. The zero-order valence-corrected chi connectivity index (χ0v) is 7.66. The lowest BCUT2D eigenvalue weighted by molar-refractivity contribution is 0.0891. The quantitative estimate of drug-likeness (QED) is 0.696. The lowest BCUT2D eigenvalue weighted by Crippen LogP contribution is -2.36. The molecular formula is C7H10ClN3O2. The minimum absolute atomic E-state index is 0. The molecule has 1 aromatic rings. The van der Waals surface area contributed by atoms with Gasteiger partial charge < -0.3 is 15.2 Å². The predicted molar refractivity (Wildman–Crippen MR) is 48.2 cm³/mol. The van der Waals surface area contributed by atoms with Crippen LogP contribution in [0.2, 0.25) is 0 Å². The largest absolute Gasteiger partial charge is 0.484 e. The Balaban J connectivity index is 0.000000845. The first-order valence-electron chi connectivity index (χ1n) is 3.71. The Hall–Kier alpha value is -1.07. The third kappa shape index (κ3) is 1.99. The molecule has 1 aliphatic heterocycles. The van der Waals surface area contributed by atoms with Gasteiger partial charge in [0.2, 0.25) is 0 Å². The molecule has 1 atom stereocenters. The van der Waals surface area contributed by atoms with Crippen LogP contribution in [0.25, 0.3) is 0 Å². The summed E-state index contributed by atoms with van der Waals surface area (Å²) in [5, 5.41) is 7.44. The molecule has 0 bridgehead atoms. The third-order valence-corrected chi connectivity index (χ3v) is 1.62. The highest BCUT2D eigenvalue weighted by Gasteiger charge is 2.20. The van der Waals surface area contributed by atoms with Crippen molar-refractivity contribution in [2.45, 2.75) is 6.10 Å². The molecule has 1 aromatic heterocycles. The number of ether oxygens (including phenoxy) is 2. The fraction of sp³-hybridized carbons (Fsp3) is 0.429. The van der Waals surface area contributed by atoms with E-state index in [1.807, 2.05) is 0 Å². The van der Waals surface area contributed by atoms with E-state index >= 15 is 0 Å².